The molecule has 2 atom stereocenters. The highest BCUT2D eigenvalue weighted by Gasteiger charge is 2.21. The Morgan fingerprint density at radius 2 is 2.16 bits per heavy atom. The number of rotatable bonds is 5. The molecule has 25 heavy (non-hydrogen) atoms. The fourth-order valence-electron chi connectivity index (χ4n) is 3.25. The van der Waals surface area contributed by atoms with Gasteiger partial charge < -0.3 is 10.6 Å². The monoisotopic (exact) mass is 346 g/mol. The lowest BCUT2D eigenvalue weighted by atomic mass is 9.86. The van der Waals surface area contributed by atoms with Gasteiger partial charge in [0.2, 0.25) is 5.91 Å². The van der Waals surface area contributed by atoms with E-state index in [1.165, 1.54) is 36.1 Å². The number of aromatic nitrogens is 4. The Labute approximate surface area is 146 Å². The molecular weight excluding hydrogens is 323 g/mol. The average Bonchev–Trinajstić information content (AvgIpc) is 3.02. The Morgan fingerprint density at radius 3 is 2.88 bits per heavy atom. The fraction of sp³-hybridized carbons (Fsp3) is 0.529. The van der Waals surface area contributed by atoms with Crippen molar-refractivity contribution in [3.63, 3.8) is 0 Å². The number of anilines is 1. The number of tetrazole rings is 1. The van der Waals surface area contributed by atoms with Crippen LogP contribution in [0, 0.1) is 18.7 Å². The first kappa shape index (κ1) is 17.5. The lowest BCUT2D eigenvalue weighted by Gasteiger charge is -2.29. The van der Waals surface area contributed by atoms with E-state index in [2.05, 4.69) is 33.1 Å². The first-order valence-electron chi connectivity index (χ1n) is 8.62. The third-order valence-electron chi connectivity index (χ3n) is 4.73. The SMILES string of the molecule is Cc1nnnn1-c1ccc(F)c(NC(=O)CN[C@H]2CCCC[C@@H]2C)c1. The van der Waals surface area contributed by atoms with Gasteiger partial charge in [0, 0.05) is 6.04 Å². The molecule has 3 rings (SSSR count). The second-order valence-corrected chi connectivity index (χ2v) is 6.60. The van der Waals surface area contributed by atoms with Gasteiger partial charge in [-0.2, -0.15) is 4.68 Å². The van der Waals surface area contributed by atoms with Crippen LogP contribution >= 0.6 is 0 Å². The maximum atomic E-state index is 14.0. The van der Waals surface area contributed by atoms with E-state index < -0.39 is 5.82 Å². The fourth-order valence-corrected chi connectivity index (χ4v) is 3.25. The molecule has 8 heteroatoms. The van der Waals surface area contributed by atoms with Crippen LogP contribution in [0.5, 0.6) is 0 Å². The Hall–Kier alpha value is -2.35. The first-order valence-corrected chi connectivity index (χ1v) is 8.62. The number of hydrogen-bond acceptors (Lipinski definition) is 5. The van der Waals surface area contributed by atoms with Crippen molar-refractivity contribution in [1.82, 2.24) is 25.5 Å². The average molecular weight is 346 g/mol. The maximum Gasteiger partial charge on any atom is 0.238 e. The van der Waals surface area contributed by atoms with E-state index in [9.17, 15) is 9.18 Å². The molecule has 1 aliphatic rings. The van der Waals surface area contributed by atoms with Gasteiger partial charge in [-0.1, -0.05) is 19.8 Å². The van der Waals surface area contributed by atoms with E-state index in [1.54, 1.807) is 13.0 Å². The normalized spacial score (nSPS) is 20.4. The Balaban J connectivity index is 1.63. The van der Waals surface area contributed by atoms with Crippen LogP contribution < -0.4 is 10.6 Å². The summed E-state index contributed by atoms with van der Waals surface area (Å²) < 4.78 is 15.5. The molecule has 7 nitrogen and oxygen atoms in total. The number of halogens is 1. The van der Waals surface area contributed by atoms with Gasteiger partial charge in [0.1, 0.15) is 5.82 Å². The van der Waals surface area contributed by atoms with Crippen LogP contribution in [0.4, 0.5) is 10.1 Å². The summed E-state index contributed by atoms with van der Waals surface area (Å²) in [6.45, 7) is 4.12. The molecular formula is C17H23FN6O. The van der Waals surface area contributed by atoms with Crippen molar-refractivity contribution in [2.45, 2.75) is 45.6 Å². The van der Waals surface area contributed by atoms with Gasteiger partial charge in [-0.3, -0.25) is 4.79 Å². The van der Waals surface area contributed by atoms with Gasteiger partial charge in [0.25, 0.3) is 0 Å². The minimum atomic E-state index is -0.492. The van der Waals surface area contributed by atoms with Crippen molar-refractivity contribution in [2.75, 3.05) is 11.9 Å². The molecule has 1 fully saturated rings. The molecule has 0 saturated heterocycles. The van der Waals surface area contributed by atoms with Gasteiger partial charge >= 0.3 is 0 Å². The molecule has 2 N–H and O–H groups in total. The maximum absolute atomic E-state index is 14.0. The highest BCUT2D eigenvalue weighted by molar-refractivity contribution is 5.92. The molecule has 1 aromatic carbocycles. The van der Waals surface area contributed by atoms with Crippen molar-refractivity contribution in [2.24, 2.45) is 5.92 Å². The van der Waals surface area contributed by atoms with Crippen LogP contribution in [0.15, 0.2) is 18.2 Å². The number of amides is 1. The van der Waals surface area contributed by atoms with E-state index in [0.29, 0.717) is 23.5 Å². The molecule has 0 unspecified atom stereocenters. The third kappa shape index (κ3) is 4.19. The van der Waals surface area contributed by atoms with Crippen LogP contribution in [0.3, 0.4) is 0 Å². The highest BCUT2D eigenvalue weighted by Crippen LogP contribution is 2.23. The predicted octanol–water partition coefficient (Wildman–Crippen LogP) is 2.22. The number of hydrogen-bond donors (Lipinski definition) is 2. The van der Waals surface area contributed by atoms with E-state index in [1.807, 2.05) is 0 Å². The molecule has 1 heterocycles. The van der Waals surface area contributed by atoms with Crippen LogP contribution in [-0.2, 0) is 4.79 Å². The van der Waals surface area contributed by atoms with Crippen molar-refractivity contribution >= 4 is 11.6 Å². The molecule has 0 bridgehead atoms. The quantitative estimate of drug-likeness (QED) is 0.867. The number of nitrogens with one attached hydrogen (secondary N) is 2. The van der Waals surface area contributed by atoms with E-state index in [0.717, 1.165) is 6.42 Å². The number of carbonyl (C=O) groups is 1. The molecule has 1 aromatic heterocycles. The van der Waals surface area contributed by atoms with Gasteiger partial charge in [-0.25, -0.2) is 4.39 Å². The van der Waals surface area contributed by atoms with Crippen LogP contribution in [-0.4, -0.2) is 38.7 Å². The summed E-state index contributed by atoms with van der Waals surface area (Å²) >= 11 is 0. The summed E-state index contributed by atoms with van der Waals surface area (Å²) in [4.78, 5) is 12.2. The standard InChI is InChI=1S/C17H23FN6O/c1-11-5-3-4-6-15(11)19-10-17(25)20-16-9-13(7-8-14(16)18)24-12(2)21-22-23-24/h7-9,11,15,19H,3-6,10H2,1-2H3,(H,20,25)/t11-,15-/m0/s1. The summed E-state index contributed by atoms with van der Waals surface area (Å²) in [5.41, 5.74) is 0.712. The zero-order chi connectivity index (χ0) is 17.8. The summed E-state index contributed by atoms with van der Waals surface area (Å²) in [6.07, 6.45) is 4.70. The first-order chi connectivity index (χ1) is 12.0. The van der Waals surface area contributed by atoms with Gasteiger partial charge in [-0.05, 0) is 54.3 Å². The van der Waals surface area contributed by atoms with Gasteiger partial charge in [0.05, 0.1) is 17.9 Å². The van der Waals surface area contributed by atoms with E-state index >= 15 is 0 Å². The lowest BCUT2D eigenvalue weighted by molar-refractivity contribution is -0.115. The van der Waals surface area contributed by atoms with Crippen LogP contribution in [0.25, 0.3) is 5.69 Å². The molecule has 1 amide bonds. The summed E-state index contributed by atoms with van der Waals surface area (Å²) in [5.74, 6) is 0.386. The summed E-state index contributed by atoms with van der Waals surface area (Å²) in [6, 6.07) is 4.73. The Bertz CT molecular complexity index is 746. The smallest absolute Gasteiger partial charge is 0.238 e. The number of nitrogens with zero attached hydrogens (tertiary/aromatic N) is 4. The Kier molecular flexibility index (Phi) is 5.37. The van der Waals surface area contributed by atoms with Crippen molar-refractivity contribution < 1.29 is 9.18 Å². The van der Waals surface area contributed by atoms with Gasteiger partial charge in [-0.15, -0.1) is 5.10 Å². The molecule has 0 aliphatic heterocycles. The summed E-state index contributed by atoms with van der Waals surface area (Å²) in [5, 5.41) is 17.1. The molecule has 2 aromatic rings. The van der Waals surface area contributed by atoms with E-state index in [-0.39, 0.29) is 18.1 Å². The molecule has 134 valence electrons. The zero-order valence-corrected chi connectivity index (χ0v) is 14.5. The van der Waals surface area contributed by atoms with Crippen LogP contribution in [0.1, 0.15) is 38.4 Å². The van der Waals surface area contributed by atoms with Crippen molar-refractivity contribution in [1.29, 1.82) is 0 Å². The second kappa shape index (κ2) is 7.69. The number of carbonyl (C=O) groups excluding carboxylic acids is 1. The molecule has 1 aliphatic carbocycles. The largest absolute Gasteiger partial charge is 0.322 e. The lowest BCUT2D eigenvalue weighted by Crippen LogP contribution is -2.41. The van der Waals surface area contributed by atoms with Gasteiger partial charge in [0.15, 0.2) is 5.82 Å². The number of aryl methyl sites for hydroxylation is 1. The van der Waals surface area contributed by atoms with Crippen molar-refractivity contribution in [3.8, 4) is 5.69 Å². The predicted molar refractivity (Wildman–Crippen MR) is 91.9 cm³/mol. The van der Waals surface area contributed by atoms with Crippen LogP contribution in [0.2, 0.25) is 0 Å². The molecule has 0 spiro atoms. The second-order valence-electron chi connectivity index (χ2n) is 6.60. The topological polar surface area (TPSA) is 84.7 Å². The van der Waals surface area contributed by atoms with E-state index in [4.69, 9.17) is 0 Å². The third-order valence-corrected chi connectivity index (χ3v) is 4.73. The minimum Gasteiger partial charge on any atom is -0.322 e. The molecule has 0 radical (unpaired) electrons. The zero-order valence-electron chi connectivity index (χ0n) is 14.5. The Morgan fingerprint density at radius 1 is 1.36 bits per heavy atom. The van der Waals surface area contributed by atoms with Crippen molar-refractivity contribution in [3.05, 3.63) is 29.8 Å². The summed E-state index contributed by atoms with van der Waals surface area (Å²) in [7, 11) is 0. The number of benzene rings is 1. The molecule has 1 saturated carbocycles. The minimum absolute atomic E-state index is 0.121. The highest BCUT2D eigenvalue weighted by atomic mass is 19.1.